The molecule has 2 aromatic heterocycles. The van der Waals surface area contributed by atoms with E-state index in [-0.39, 0.29) is 40.6 Å². The number of amides is 1. The average Bonchev–Trinajstić information content (AvgIpc) is 3.36. The van der Waals surface area contributed by atoms with Gasteiger partial charge in [0.25, 0.3) is 11.5 Å². The van der Waals surface area contributed by atoms with Gasteiger partial charge in [-0.05, 0) is 24.6 Å². The van der Waals surface area contributed by atoms with E-state index in [9.17, 15) is 14.0 Å². The maximum Gasteiger partial charge on any atom is 0.263 e. The molecule has 2 unspecified atom stereocenters. The predicted octanol–water partition coefficient (Wildman–Crippen LogP) is 2.73. The summed E-state index contributed by atoms with van der Waals surface area (Å²) < 4.78 is 21.7. The molecule has 182 valence electrons. The normalized spacial score (nSPS) is 21.4. The van der Waals surface area contributed by atoms with Crippen molar-refractivity contribution >= 4 is 11.9 Å². The van der Waals surface area contributed by atoms with Crippen LogP contribution in [0.15, 0.2) is 59.7 Å². The molecule has 8 nitrogen and oxygen atoms in total. The van der Waals surface area contributed by atoms with Crippen molar-refractivity contribution in [1.82, 2.24) is 19.4 Å². The Morgan fingerprint density at radius 3 is 2.60 bits per heavy atom. The fourth-order valence-corrected chi connectivity index (χ4v) is 5.12. The third-order valence-electron chi connectivity index (χ3n) is 7.05. The van der Waals surface area contributed by atoms with Crippen molar-refractivity contribution in [2.24, 2.45) is 18.9 Å². The fourth-order valence-electron chi connectivity index (χ4n) is 5.12. The lowest BCUT2D eigenvalue weighted by Crippen LogP contribution is -2.44. The number of ether oxygens (including phenoxy) is 1. The molecule has 1 amide bonds. The molecule has 1 aromatic carbocycles. The number of carbonyl (C=O) groups excluding carboxylic acids is 1. The summed E-state index contributed by atoms with van der Waals surface area (Å²) in [4.78, 5) is 38.0. The average molecular weight is 478 g/mol. The van der Waals surface area contributed by atoms with Crippen LogP contribution in [0.1, 0.15) is 13.3 Å². The number of anilines is 1. The second kappa shape index (κ2) is 9.13. The molecule has 5 rings (SSSR count). The summed E-state index contributed by atoms with van der Waals surface area (Å²) in [6.45, 7) is 3.23. The highest BCUT2D eigenvalue weighted by atomic mass is 19.1. The molecule has 4 atom stereocenters. The standard InChI is InChI=1S/C26H28FN5O3/c1-4-22(35-16-8-6-5-7-9-16)25(34)32-14-18-19(15-32)24(18)31(3)26-29-21(12-23(33)30(26)2)17-10-11-28-13-20(17)27/h5-13,18-19,22,24H,4,14-15H2,1-3H3/t18-,19+,22?,24?. The van der Waals surface area contributed by atoms with Crippen LogP contribution < -0.4 is 15.2 Å². The molecular formula is C26H28FN5O3. The molecule has 0 spiro atoms. The Morgan fingerprint density at radius 2 is 1.94 bits per heavy atom. The molecule has 0 N–H and O–H groups in total. The van der Waals surface area contributed by atoms with E-state index < -0.39 is 11.9 Å². The second-order valence-corrected chi connectivity index (χ2v) is 9.19. The summed E-state index contributed by atoms with van der Waals surface area (Å²) in [6.07, 6.45) is 2.66. The second-order valence-electron chi connectivity index (χ2n) is 9.19. The smallest absolute Gasteiger partial charge is 0.263 e. The van der Waals surface area contributed by atoms with Crippen LogP contribution in [0.4, 0.5) is 10.3 Å². The van der Waals surface area contributed by atoms with Gasteiger partial charge in [0.05, 0.1) is 11.9 Å². The third-order valence-corrected chi connectivity index (χ3v) is 7.05. The van der Waals surface area contributed by atoms with Gasteiger partial charge in [-0.3, -0.25) is 19.1 Å². The van der Waals surface area contributed by atoms with Crippen LogP contribution in [0.2, 0.25) is 0 Å². The first kappa shape index (κ1) is 23.0. The molecular weight excluding hydrogens is 449 g/mol. The number of likely N-dealkylation sites (tertiary alicyclic amines) is 1. The van der Waals surface area contributed by atoms with Crippen molar-refractivity contribution < 1.29 is 13.9 Å². The molecule has 1 aliphatic heterocycles. The predicted molar refractivity (Wildman–Crippen MR) is 130 cm³/mol. The van der Waals surface area contributed by atoms with E-state index in [1.54, 1.807) is 7.05 Å². The number of para-hydroxylation sites is 1. The van der Waals surface area contributed by atoms with Crippen LogP contribution in [0.3, 0.4) is 0 Å². The Hall–Kier alpha value is -3.75. The van der Waals surface area contributed by atoms with Gasteiger partial charge in [0.15, 0.2) is 11.9 Å². The molecule has 0 bridgehead atoms. The Kier molecular flexibility index (Phi) is 6.00. The minimum Gasteiger partial charge on any atom is -0.481 e. The number of nitrogens with zero attached hydrogens (tertiary/aromatic N) is 5. The summed E-state index contributed by atoms with van der Waals surface area (Å²) in [7, 11) is 3.56. The monoisotopic (exact) mass is 477 g/mol. The van der Waals surface area contributed by atoms with Gasteiger partial charge in [0, 0.05) is 62.9 Å². The van der Waals surface area contributed by atoms with Gasteiger partial charge in [0.1, 0.15) is 5.75 Å². The highest BCUT2D eigenvalue weighted by Crippen LogP contribution is 2.49. The van der Waals surface area contributed by atoms with E-state index in [1.165, 1.54) is 22.9 Å². The van der Waals surface area contributed by atoms with Crippen LogP contribution in [0.25, 0.3) is 11.3 Å². The molecule has 35 heavy (non-hydrogen) atoms. The van der Waals surface area contributed by atoms with Gasteiger partial charge < -0.3 is 14.5 Å². The number of fused-ring (bicyclic) bond motifs is 1. The largest absolute Gasteiger partial charge is 0.481 e. The van der Waals surface area contributed by atoms with Gasteiger partial charge in [-0.1, -0.05) is 25.1 Å². The Labute approximate surface area is 203 Å². The van der Waals surface area contributed by atoms with Gasteiger partial charge in [-0.15, -0.1) is 0 Å². The summed E-state index contributed by atoms with van der Waals surface area (Å²) >= 11 is 0. The number of piperidine rings is 1. The van der Waals surface area contributed by atoms with Crippen LogP contribution in [0, 0.1) is 17.7 Å². The number of pyridine rings is 1. The van der Waals surface area contributed by atoms with E-state index in [2.05, 4.69) is 9.97 Å². The summed E-state index contributed by atoms with van der Waals surface area (Å²) in [5, 5.41) is 0. The quantitative estimate of drug-likeness (QED) is 0.521. The first-order valence-corrected chi connectivity index (χ1v) is 11.8. The van der Waals surface area contributed by atoms with Gasteiger partial charge in [0.2, 0.25) is 5.95 Å². The lowest BCUT2D eigenvalue weighted by molar-refractivity contribution is -0.138. The number of benzene rings is 1. The van der Waals surface area contributed by atoms with E-state index >= 15 is 0 Å². The molecule has 2 fully saturated rings. The van der Waals surface area contributed by atoms with Crippen molar-refractivity contribution in [2.45, 2.75) is 25.5 Å². The number of aromatic nitrogens is 3. The van der Waals surface area contributed by atoms with E-state index in [4.69, 9.17) is 4.74 Å². The van der Waals surface area contributed by atoms with E-state index in [1.807, 2.05) is 54.1 Å². The summed E-state index contributed by atoms with van der Waals surface area (Å²) in [6, 6.07) is 12.4. The topological polar surface area (TPSA) is 80.6 Å². The van der Waals surface area contributed by atoms with Crippen LogP contribution in [0.5, 0.6) is 5.75 Å². The fraction of sp³-hybridized carbons (Fsp3) is 0.385. The van der Waals surface area contributed by atoms with E-state index in [0.29, 0.717) is 31.2 Å². The SMILES string of the molecule is CCC(Oc1ccccc1)C(=O)N1C[C@@H]2C(N(C)c3nc(-c4ccncc4F)cc(=O)n3C)[C@@H]2C1. The highest BCUT2D eigenvalue weighted by molar-refractivity contribution is 5.82. The number of carbonyl (C=O) groups is 1. The Balaban J connectivity index is 1.29. The number of rotatable bonds is 7. The summed E-state index contributed by atoms with van der Waals surface area (Å²) in [5.74, 6) is 1.22. The first-order chi connectivity index (χ1) is 16.9. The van der Waals surface area contributed by atoms with Crippen molar-refractivity contribution in [1.29, 1.82) is 0 Å². The molecule has 3 heterocycles. The number of halogens is 1. The maximum absolute atomic E-state index is 14.3. The number of hydrogen-bond acceptors (Lipinski definition) is 6. The Morgan fingerprint density at radius 1 is 1.23 bits per heavy atom. The Bertz CT molecular complexity index is 1290. The zero-order chi connectivity index (χ0) is 24.7. The minimum atomic E-state index is -0.525. The van der Waals surface area contributed by atoms with Crippen molar-refractivity contribution in [3.8, 4) is 17.0 Å². The zero-order valence-electron chi connectivity index (χ0n) is 20.0. The summed E-state index contributed by atoms with van der Waals surface area (Å²) in [5.41, 5.74) is 0.255. The molecule has 1 saturated carbocycles. The molecule has 3 aromatic rings. The maximum atomic E-state index is 14.3. The van der Waals surface area contributed by atoms with Crippen LogP contribution in [-0.4, -0.2) is 57.6 Å². The lowest BCUT2D eigenvalue weighted by atomic mass is 10.2. The van der Waals surface area contributed by atoms with Crippen LogP contribution in [-0.2, 0) is 11.8 Å². The van der Waals surface area contributed by atoms with Crippen molar-refractivity contribution in [2.75, 3.05) is 25.0 Å². The number of hydrogen-bond donors (Lipinski definition) is 0. The molecule has 0 radical (unpaired) electrons. The molecule has 9 heteroatoms. The lowest BCUT2D eigenvalue weighted by Gasteiger charge is -2.28. The molecule has 2 aliphatic rings. The van der Waals surface area contributed by atoms with Crippen LogP contribution >= 0.6 is 0 Å². The molecule has 1 saturated heterocycles. The minimum absolute atomic E-state index is 0.00522. The first-order valence-electron chi connectivity index (χ1n) is 11.8. The van der Waals surface area contributed by atoms with Gasteiger partial charge >= 0.3 is 0 Å². The van der Waals surface area contributed by atoms with Gasteiger partial charge in [-0.2, -0.15) is 0 Å². The zero-order valence-corrected chi connectivity index (χ0v) is 20.0. The molecule has 1 aliphatic carbocycles. The van der Waals surface area contributed by atoms with Crippen molar-refractivity contribution in [3.63, 3.8) is 0 Å². The van der Waals surface area contributed by atoms with Crippen molar-refractivity contribution in [3.05, 3.63) is 71.0 Å². The van der Waals surface area contributed by atoms with Gasteiger partial charge in [-0.25, -0.2) is 9.37 Å². The highest BCUT2D eigenvalue weighted by Gasteiger charge is 2.59. The third kappa shape index (κ3) is 4.26. The van der Waals surface area contributed by atoms with E-state index in [0.717, 1.165) is 6.20 Å².